The lowest BCUT2D eigenvalue weighted by atomic mass is 10.0. The number of anilines is 2. The zero-order valence-electron chi connectivity index (χ0n) is 18.9. The Kier molecular flexibility index (Phi) is 5.10. The second-order valence-corrected chi connectivity index (χ2v) is 10.2. The number of carbonyl (C=O) groups excluding carboxylic acids is 1. The van der Waals surface area contributed by atoms with Gasteiger partial charge in [-0.15, -0.1) is 11.3 Å². The maximum atomic E-state index is 13.1. The van der Waals surface area contributed by atoms with Crippen LogP contribution >= 0.6 is 11.3 Å². The van der Waals surface area contributed by atoms with Crippen LogP contribution in [0.1, 0.15) is 33.8 Å². The van der Waals surface area contributed by atoms with Gasteiger partial charge in [0.1, 0.15) is 27.6 Å². The third-order valence-corrected chi connectivity index (χ3v) is 7.93. The number of nitrogens with one attached hydrogen (secondary N) is 3. The van der Waals surface area contributed by atoms with Gasteiger partial charge >= 0.3 is 0 Å². The maximum absolute atomic E-state index is 13.1. The fourth-order valence-corrected chi connectivity index (χ4v) is 6.34. The van der Waals surface area contributed by atoms with Gasteiger partial charge in [-0.25, -0.2) is 9.97 Å². The quantitative estimate of drug-likeness (QED) is 0.547. The minimum absolute atomic E-state index is 0.0801. The summed E-state index contributed by atoms with van der Waals surface area (Å²) in [4.78, 5) is 26.0. The predicted octanol–water partition coefficient (Wildman–Crippen LogP) is 2.72. The van der Waals surface area contributed by atoms with E-state index < -0.39 is 0 Å². The van der Waals surface area contributed by atoms with Crippen molar-refractivity contribution in [3.8, 4) is 5.75 Å². The molecule has 6 rings (SSSR count). The topological polar surface area (TPSA) is 91.4 Å². The average Bonchev–Trinajstić information content (AvgIpc) is 3.36. The average molecular weight is 465 g/mol. The number of hydrogen-bond acceptors (Lipinski definition) is 8. The standard InChI is InChI=1S/C24H28N6O2S/c1-13-9-26-21-20(25-2)22(33-24(21)27-13)23(31)29-17-7-14-3-6-18(8-19(14)32-12-17)30-10-15-4-5-16(11-30)28-15/h3,6,8-9,15-17,25,28H,4-5,7,10-12H2,1-2H3,(H,29,31)/t15?,16?,17-/m1/s1. The van der Waals surface area contributed by atoms with Gasteiger partial charge in [0.05, 0.1) is 17.4 Å². The van der Waals surface area contributed by atoms with E-state index >= 15 is 0 Å². The highest BCUT2D eigenvalue weighted by molar-refractivity contribution is 7.21. The molecular weight excluding hydrogens is 436 g/mol. The van der Waals surface area contributed by atoms with Gasteiger partial charge in [-0.3, -0.25) is 4.79 Å². The SMILES string of the molecule is CNc1c(C(=O)N[C@H]2COc3cc(N4CC5CCC(C4)N5)ccc3C2)sc2nc(C)cnc12. The van der Waals surface area contributed by atoms with Crippen molar-refractivity contribution in [2.24, 2.45) is 0 Å². The van der Waals surface area contributed by atoms with Gasteiger partial charge < -0.3 is 25.6 Å². The minimum Gasteiger partial charge on any atom is -0.491 e. The van der Waals surface area contributed by atoms with Crippen LogP contribution in [0.25, 0.3) is 10.3 Å². The van der Waals surface area contributed by atoms with Crippen LogP contribution in [0.15, 0.2) is 24.4 Å². The van der Waals surface area contributed by atoms with Gasteiger partial charge in [-0.2, -0.15) is 0 Å². The number of benzene rings is 1. The molecule has 2 saturated heterocycles. The lowest BCUT2D eigenvalue weighted by Crippen LogP contribution is -2.51. The summed E-state index contributed by atoms with van der Waals surface area (Å²) in [7, 11) is 1.81. The number of aromatic nitrogens is 2. The molecule has 5 heterocycles. The first kappa shape index (κ1) is 20.7. The molecule has 0 aliphatic carbocycles. The maximum Gasteiger partial charge on any atom is 0.263 e. The van der Waals surface area contributed by atoms with Gasteiger partial charge in [0, 0.05) is 50.2 Å². The Bertz CT molecular complexity index is 1220. The Hall–Kier alpha value is -2.91. The van der Waals surface area contributed by atoms with E-state index in [1.807, 2.05) is 6.92 Å². The predicted molar refractivity (Wildman–Crippen MR) is 131 cm³/mol. The molecule has 3 aliphatic heterocycles. The number of amides is 1. The molecule has 0 saturated carbocycles. The molecule has 2 aromatic heterocycles. The van der Waals surface area contributed by atoms with Crippen molar-refractivity contribution < 1.29 is 9.53 Å². The summed E-state index contributed by atoms with van der Waals surface area (Å²) in [5, 5.41) is 9.97. The highest BCUT2D eigenvalue weighted by Crippen LogP contribution is 2.35. The van der Waals surface area contributed by atoms with Gasteiger partial charge in [-0.1, -0.05) is 6.07 Å². The number of carbonyl (C=O) groups is 1. The van der Waals surface area contributed by atoms with Crippen LogP contribution in [0, 0.1) is 6.92 Å². The van der Waals surface area contributed by atoms with Crippen molar-refractivity contribution in [2.75, 3.05) is 37.0 Å². The van der Waals surface area contributed by atoms with Crippen molar-refractivity contribution in [1.29, 1.82) is 0 Å². The third kappa shape index (κ3) is 3.79. The number of rotatable bonds is 4. The van der Waals surface area contributed by atoms with Crippen LogP contribution in [0.3, 0.4) is 0 Å². The van der Waals surface area contributed by atoms with Crippen LogP contribution in [-0.2, 0) is 6.42 Å². The molecule has 2 fully saturated rings. The Balaban J connectivity index is 1.17. The van der Waals surface area contributed by atoms with Crippen molar-refractivity contribution in [3.05, 3.63) is 40.5 Å². The first-order chi connectivity index (χ1) is 16.1. The molecule has 2 unspecified atom stereocenters. The fraction of sp³-hybridized carbons (Fsp3) is 0.458. The van der Waals surface area contributed by atoms with E-state index in [-0.39, 0.29) is 11.9 Å². The fourth-order valence-electron chi connectivity index (χ4n) is 5.25. The number of piperazine rings is 1. The molecule has 3 aliphatic rings. The Labute approximate surface area is 196 Å². The van der Waals surface area contributed by atoms with Gasteiger partial charge in [0.15, 0.2) is 0 Å². The molecule has 3 aromatic rings. The van der Waals surface area contributed by atoms with Gasteiger partial charge in [-0.05, 0) is 37.8 Å². The summed E-state index contributed by atoms with van der Waals surface area (Å²) < 4.78 is 6.11. The molecule has 172 valence electrons. The zero-order valence-corrected chi connectivity index (χ0v) is 19.7. The Morgan fingerprint density at radius 3 is 2.88 bits per heavy atom. The number of nitrogens with zero attached hydrogens (tertiary/aromatic N) is 3. The largest absolute Gasteiger partial charge is 0.491 e. The van der Waals surface area contributed by atoms with Crippen LogP contribution in [-0.4, -0.2) is 60.7 Å². The van der Waals surface area contributed by atoms with E-state index in [0.717, 1.165) is 52.6 Å². The highest BCUT2D eigenvalue weighted by Gasteiger charge is 2.33. The van der Waals surface area contributed by atoms with Gasteiger partial charge in [0.2, 0.25) is 0 Å². The van der Waals surface area contributed by atoms with E-state index in [0.29, 0.717) is 23.6 Å². The number of thiophene rings is 1. The minimum atomic E-state index is -0.119. The van der Waals surface area contributed by atoms with E-state index in [9.17, 15) is 4.79 Å². The molecule has 9 heteroatoms. The molecule has 33 heavy (non-hydrogen) atoms. The van der Waals surface area contributed by atoms with Crippen molar-refractivity contribution in [2.45, 2.75) is 44.3 Å². The first-order valence-corrected chi connectivity index (χ1v) is 12.4. The van der Waals surface area contributed by atoms with Crippen LogP contribution in [0.2, 0.25) is 0 Å². The van der Waals surface area contributed by atoms with Crippen molar-refractivity contribution in [1.82, 2.24) is 20.6 Å². The molecule has 1 aromatic carbocycles. The van der Waals surface area contributed by atoms with Crippen LogP contribution in [0.5, 0.6) is 5.75 Å². The lowest BCUT2D eigenvalue weighted by molar-refractivity contribution is 0.0920. The van der Waals surface area contributed by atoms with Crippen molar-refractivity contribution >= 4 is 39.0 Å². The van der Waals surface area contributed by atoms with Gasteiger partial charge in [0.25, 0.3) is 5.91 Å². The third-order valence-electron chi connectivity index (χ3n) is 6.85. The summed E-state index contributed by atoms with van der Waals surface area (Å²) in [6, 6.07) is 7.65. The molecular formula is C24H28N6O2S. The summed E-state index contributed by atoms with van der Waals surface area (Å²) >= 11 is 1.37. The second-order valence-electron chi connectivity index (χ2n) is 9.24. The first-order valence-electron chi connectivity index (χ1n) is 11.6. The van der Waals surface area contributed by atoms with Crippen molar-refractivity contribution in [3.63, 3.8) is 0 Å². The summed E-state index contributed by atoms with van der Waals surface area (Å²) in [5.41, 5.74) is 4.67. The number of ether oxygens (including phenoxy) is 1. The van der Waals surface area contributed by atoms with E-state index in [1.165, 1.54) is 29.9 Å². The summed E-state index contributed by atoms with van der Waals surface area (Å²) in [5.74, 6) is 0.817. The Morgan fingerprint density at radius 1 is 1.27 bits per heavy atom. The van der Waals surface area contributed by atoms with Crippen LogP contribution < -0.4 is 25.6 Å². The monoisotopic (exact) mass is 464 g/mol. The molecule has 2 bridgehead atoms. The number of fused-ring (bicyclic) bond motifs is 4. The summed E-state index contributed by atoms with van der Waals surface area (Å²) in [6.07, 6.45) is 5.02. The Morgan fingerprint density at radius 2 is 2.09 bits per heavy atom. The molecule has 8 nitrogen and oxygen atoms in total. The molecule has 0 spiro atoms. The number of hydrogen-bond donors (Lipinski definition) is 3. The van der Waals surface area contributed by atoms with E-state index in [2.05, 4.69) is 49.0 Å². The molecule has 3 atom stereocenters. The van der Waals surface area contributed by atoms with Crippen LogP contribution in [0.4, 0.5) is 11.4 Å². The highest BCUT2D eigenvalue weighted by atomic mass is 32.1. The van der Waals surface area contributed by atoms with E-state index in [4.69, 9.17) is 4.74 Å². The molecule has 1 amide bonds. The van der Waals surface area contributed by atoms with E-state index in [1.54, 1.807) is 13.2 Å². The summed E-state index contributed by atoms with van der Waals surface area (Å²) in [6.45, 7) is 4.48. The smallest absolute Gasteiger partial charge is 0.263 e. The zero-order chi connectivity index (χ0) is 22.5. The lowest BCUT2D eigenvalue weighted by Gasteiger charge is -2.35. The normalized spacial score (nSPS) is 23.8. The second kappa shape index (κ2) is 8.14. The molecule has 0 radical (unpaired) electrons. The number of aryl methyl sites for hydroxylation is 1. The molecule has 3 N–H and O–H groups in total.